The molecule has 0 heterocycles. The number of nitrogens with one attached hydrogen (secondary N) is 1. The lowest BCUT2D eigenvalue weighted by atomic mass is 10.1. The minimum Gasteiger partial charge on any atom is -0.493 e. The summed E-state index contributed by atoms with van der Waals surface area (Å²) in [4.78, 5) is 0. The van der Waals surface area contributed by atoms with Crippen LogP contribution < -0.4 is 19.5 Å². The fraction of sp³-hybridized carbons (Fsp3) is 0.500. The summed E-state index contributed by atoms with van der Waals surface area (Å²) in [6.07, 6.45) is 3.43. The number of rotatable bonds is 15. The average Bonchev–Trinajstić information content (AvgIpc) is 2.82. The van der Waals surface area contributed by atoms with Gasteiger partial charge in [-0.15, -0.1) is 0 Å². The molecule has 0 saturated carbocycles. The molecule has 1 N–H and O–H groups in total. The zero-order chi connectivity index (χ0) is 23.4. The van der Waals surface area contributed by atoms with Crippen LogP contribution in [-0.4, -0.2) is 34.5 Å². The normalized spacial score (nSPS) is 12.3. The van der Waals surface area contributed by atoms with Crippen LogP contribution in [0.5, 0.6) is 17.2 Å². The zero-order valence-corrected chi connectivity index (χ0v) is 20.7. The Hall–Kier alpha value is -2.21. The standard InChI is InChI=1S/C24H36NO6P/c1-6-8-15-30-32(26,31-16-9-7-2)24(25-20-13-11-10-12-14-20)19-17-21(27-3)23(29-5)22(18-19)28-4/h10-14,17-18,24-25H,6-9,15-16H2,1-5H3. The second-order valence-corrected chi connectivity index (χ2v) is 9.40. The van der Waals surface area contributed by atoms with Gasteiger partial charge in [-0.2, -0.15) is 0 Å². The lowest BCUT2D eigenvalue weighted by Crippen LogP contribution is -2.16. The van der Waals surface area contributed by atoms with E-state index in [4.69, 9.17) is 23.3 Å². The first kappa shape index (κ1) is 26.0. The highest BCUT2D eigenvalue weighted by Gasteiger charge is 2.38. The van der Waals surface area contributed by atoms with Crippen molar-refractivity contribution in [3.8, 4) is 17.2 Å². The van der Waals surface area contributed by atoms with Crippen LogP contribution in [-0.2, 0) is 13.6 Å². The van der Waals surface area contributed by atoms with Crippen LogP contribution in [0.4, 0.5) is 5.69 Å². The highest BCUT2D eigenvalue weighted by molar-refractivity contribution is 7.54. The van der Waals surface area contributed by atoms with Crippen molar-refractivity contribution in [2.75, 3.05) is 39.9 Å². The van der Waals surface area contributed by atoms with E-state index in [1.807, 2.05) is 30.3 Å². The largest absolute Gasteiger partial charge is 0.493 e. The third-order valence-corrected chi connectivity index (χ3v) is 7.08. The van der Waals surface area contributed by atoms with Gasteiger partial charge in [0.1, 0.15) is 0 Å². The summed E-state index contributed by atoms with van der Waals surface area (Å²) in [5.74, 6) is 0.629. The van der Waals surface area contributed by atoms with Crippen LogP contribution >= 0.6 is 7.60 Å². The van der Waals surface area contributed by atoms with Crippen LogP contribution in [0, 0.1) is 0 Å². The number of hydrogen-bond acceptors (Lipinski definition) is 7. The first-order valence-corrected chi connectivity index (χ1v) is 12.6. The van der Waals surface area contributed by atoms with Crippen LogP contribution in [0.3, 0.4) is 0 Å². The lowest BCUT2D eigenvalue weighted by Gasteiger charge is -2.29. The minimum atomic E-state index is -3.62. The van der Waals surface area contributed by atoms with Crippen LogP contribution in [0.15, 0.2) is 42.5 Å². The first-order chi connectivity index (χ1) is 15.5. The van der Waals surface area contributed by atoms with Crippen molar-refractivity contribution in [1.29, 1.82) is 0 Å². The molecule has 0 aliphatic heterocycles. The summed E-state index contributed by atoms with van der Waals surface area (Å²) in [6, 6.07) is 13.1. The van der Waals surface area contributed by atoms with E-state index in [2.05, 4.69) is 19.2 Å². The highest BCUT2D eigenvalue weighted by atomic mass is 31.2. The Morgan fingerprint density at radius 1 is 0.844 bits per heavy atom. The molecule has 1 atom stereocenters. The fourth-order valence-corrected chi connectivity index (χ4v) is 5.12. The van der Waals surface area contributed by atoms with Crippen molar-refractivity contribution >= 4 is 13.3 Å². The van der Waals surface area contributed by atoms with E-state index in [0.717, 1.165) is 31.4 Å². The van der Waals surface area contributed by atoms with E-state index in [0.29, 0.717) is 36.0 Å². The number of methoxy groups -OCH3 is 3. The molecule has 178 valence electrons. The predicted molar refractivity (Wildman–Crippen MR) is 128 cm³/mol. The second kappa shape index (κ2) is 13.4. The smallest absolute Gasteiger partial charge is 0.357 e. The maximum Gasteiger partial charge on any atom is 0.357 e. The number of benzene rings is 2. The van der Waals surface area contributed by atoms with Gasteiger partial charge in [0.25, 0.3) is 0 Å². The van der Waals surface area contributed by atoms with Gasteiger partial charge in [-0.05, 0) is 42.7 Å². The molecule has 0 radical (unpaired) electrons. The topological polar surface area (TPSA) is 75.3 Å². The summed E-state index contributed by atoms with van der Waals surface area (Å²) in [5.41, 5.74) is 1.45. The molecular weight excluding hydrogens is 429 g/mol. The molecule has 0 bridgehead atoms. The number of hydrogen-bond donors (Lipinski definition) is 1. The first-order valence-electron chi connectivity index (χ1n) is 11.0. The minimum absolute atomic E-state index is 0.345. The number of unbranched alkanes of at least 4 members (excludes halogenated alkanes) is 2. The molecule has 7 nitrogen and oxygen atoms in total. The van der Waals surface area contributed by atoms with Gasteiger partial charge in [0, 0.05) is 5.69 Å². The Labute approximate surface area is 191 Å². The summed E-state index contributed by atoms with van der Waals surface area (Å²) in [6.45, 7) is 4.81. The van der Waals surface area contributed by atoms with E-state index in [1.165, 1.54) is 0 Å². The Balaban J connectivity index is 2.57. The van der Waals surface area contributed by atoms with Gasteiger partial charge in [0.2, 0.25) is 5.75 Å². The molecule has 0 spiro atoms. The SMILES string of the molecule is CCCCOP(=O)(OCCCC)C(Nc1ccccc1)c1cc(OC)c(OC)c(OC)c1. The molecule has 0 fully saturated rings. The van der Waals surface area contributed by atoms with Gasteiger partial charge in [-0.3, -0.25) is 4.57 Å². The van der Waals surface area contributed by atoms with E-state index < -0.39 is 13.4 Å². The Morgan fingerprint density at radius 2 is 1.38 bits per heavy atom. The van der Waals surface area contributed by atoms with Crippen LogP contribution in [0.2, 0.25) is 0 Å². The molecule has 0 amide bonds. The molecule has 0 aliphatic carbocycles. The summed E-state index contributed by atoms with van der Waals surface area (Å²) >= 11 is 0. The molecule has 2 rings (SSSR count). The van der Waals surface area contributed by atoms with Crippen molar-refractivity contribution < 1.29 is 27.8 Å². The van der Waals surface area contributed by atoms with Crippen molar-refractivity contribution in [2.24, 2.45) is 0 Å². The average molecular weight is 466 g/mol. The number of anilines is 1. The van der Waals surface area contributed by atoms with Gasteiger partial charge in [-0.1, -0.05) is 44.9 Å². The van der Waals surface area contributed by atoms with Gasteiger partial charge in [0.05, 0.1) is 34.5 Å². The summed E-state index contributed by atoms with van der Waals surface area (Å²) in [7, 11) is 1.03. The molecule has 8 heteroatoms. The van der Waals surface area contributed by atoms with E-state index >= 15 is 0 Å². The van der Waals surface area contributed by atoms with E-state index in [9.17, 15) is 4.57 Å². The number of para-hydroxylation sites is 1. The maximum absolute atomic E-state index is 14.2. The molecular formula is C24H36NO6P. The maximum atomic E-state index is 14.2. The summed E-state index contributed by atoms with van der Waals surface area (Å²) in [5, 5.41) is 3.36. The van der Waals surface area contributed by atoms with Gasteiger partial charge in [-0.25, -0.2) is 0 Å². The Kier molecular flexibility index (Phi) is 10.9. The zero-order valence-electron chi connectivity index (χ0n) is 19.8. The third-order valence-electron chi connectivity index (χ3n) is 4.93. The summed E-state index contributed by atoms with van der Waals surface area (Å²) < 4.78 is 42.6. The van der Waals surface area contributed by atoms with Gasteiger partial charge >= 0.3 is 7.60 Å². The quantitative estimate of drug-likeness (QED) is 0.233. The molecule has 2 aromatic carbocycles. The lowest BCUT2D eigenvalue weighted by molar-refractivity contribution is 0.194. The van der Waals surface area contributed by atoms with Gasteiger partial charge < -0.3 is 28.6 Å². The van der Waals surface area contributed by atoms with Crippen molar-refractivity contribution in [2.45, 2.75) is 45.3 Å². The molecule has 0 aromatic heterocycles. The predicted octanol–water partition coefficient (Wildman–Crippen LogP) is 6.65. The fourth-order valence-electron chi connectivity index (χ4n) is 3.16. The van der Waals surface area contributed by atoms with Gasteiger partial charge in [0.15, 0.2) is 17.3 Å². The number of ether oxygens (including phenoxy) is 3. The van der Waals surface area contributed by atoms with E-state index in [-0.39, 0.29) is 0 Å². The second-order valence-electron chi connectivity index (χ2n) is 7.28. The monoisotopic (exact) mass is 465 g/mol. The molecule has 1 unspecified atom stereocenters. The Bertz CT molecular complexity index is 822. The highest BCUT2D eigenvalue weighted by Crippen LogP contribution is 2.62. The molecule has 2 aromatic rings. The third kappa shape index (κ3) is 6.89. The van der Waals surface area contributed by atoms with Crippen molar-refractivity contribution in [3.63, 3.8) is 0 Å². The van der Waals surface area contributed by atoms with E-state index in [1.54, 1.807) is 33.5 Å². The van der Waals surface area contributed by atoms with Crippen LogP contribution in [0.1, 0.15) is 50.9 Å². The molecule has 0 aliphatic rings. The molecule has 32 heavy (non-hydrogen) atoms. The Morgan fingerprint density at radius 3 is 1.81 bits per heavy atom. The van der Waals surface area contributed by atoms with Crippen molar-refractivity contribution in [3.05, 3.63) is 48.0 Å². The van der Waals surface area contributed by atoms with Crippen molar-refractivity contribution in [1.82, 2.24) is 0 Å². The molecule has 0 saturated heterocycles. The van der Waals surface area contributed by atoms with Crippen LogP contribution in [0.25, 0.3) is 0 Å².